The molecule has 0 aromatic carbocycles. The second-order valence-corrected chi connectivity index (χ2v) is 3.51. The van der Waals surface area contributed by atoms with Gasteiger partial charge < -0.3 is 28.0 Å². The summed E-state index contributed by atoms with van der Waals surface area (Å²) in [6.07, 6.45) is 0. The van der Waals surface area contributed by atoms with Gasteiger partial charge in [0.25, 0.3) is 0 Å². The molecule has 0 spiro atoms. The van der Waals surface area contributed by atoms with Crippen LogP contribution in [0.3, 0.4) is 0 Å². The number of carbonyl (C=O) groups is 1. The van der Waals surface area contributed by atoms with Gasteiger partial charge in [-0.1, -0.05) is 11.3 Å². The number of aromatic carboxylic acids is 1. The van der Waals surface area contributed by atoms with Gasteiger partial charge in [-0.3, -0.25) is 0 Å². The number of thiazole rings is 1. The molecule has 1 heterocycles. The van der Waals surface area contributed by atoms with Gasteiger partial charge >= 0.3 is 5.97 Å². The normalized spacial score (nSPS) is 9.50. The maximum atomic E-state index is 10.8. The number of hydrogen-bond acceptors (Lipinski definition) is 5. The van der Waals surface area contributed by atoms with Crippen molar-refractivity contribution in [2.75, 3.05) is 0 Å². The molecule has 0 aliphatic rings. The summed E-state index contributed by atoms with van der Waals surface area (Å²) in [5, 5.41) is 8.90. The molecule has 0 aliphatic carbocycles. The minimum absolute atomic E-state index is 0.0670. The number of nitrogens with zero attached hydrogens (tertiary/aromatic N) is 3. The Morgan fingerprint density at radius 2 is 1.75 bits per heavy atom. The average Bonchev–Trinajstić information content (AvgIpc) is 2.45. The van der Waals surface area contributed by atoms with Crippen LogP contribution in [0.2, 0.25) is 0 Å². The van der Waals surface area contributed by atoms with Crippen LogP contribution in [-0.4, -0.2) is 28.0 Å². The maximum absolute atomic E-state index is 10.8. The van der Waals surface area contributed by atoms with Gasteiger partial charge in [-0.15, -0.1) is 0 Å². The second-order valence-electron chi connectivity index (χ2n) is 2.53. The van der Waals surface area contributed by atoms with Gasteiger partial charge in [0.05, 0.1) is 0 Å². The van der Waals surface area contributed by atoms with E-state index in [-0.39, 0.29) is 27.7 Å². The Hall–Kier alpha value is -2.36. The third-order valence-corrected chi connectivity index (χ3v) is 2.18. The SMILES string of the molecule is NC(N)=Nc1nc(N=C(N)N)c(C(=O)O)s1. The Morgan fingerprint density at radius 1 is 1.19 bits per heavy atom. The van der Waals surface area contributed by atoms with E-state index in [4.69, 9.17) is 28.0 Å². The fourth-order valence-electron chi connectivity index (χ4n) is 0.797. The maximum Gasteiger partial charge on any atom is 0.349 e. The number of carboxylic acids is 1. The highest BCUT2D eigenvalue weighted by atomic mass is 32.1. The summed E-state index contributed by atoms with van der Waals surface area (Å²) in [6.45, 7) is 0. The highest BCUT2D eigenvalue weighted by Crippen LogP contribution is 2.30. The largest absolute Gasteiger partial charge is 0.477 e. The van der Waals surface area contributed by atoms with Crippen LogP contribution in [-0.2, 0) is 0 Å². The molecule has 0 atom stereocenters. The van der Waals surface area contributed by atoms with Crippen LogP contribution in [0.5, 0.6) is 0 Å². The molecule has 10 heteroatoms. The molecule has 0 bridgehead atoms. The van der Waals surface area contributed by atoms with Crippen LogP contribution in [0.25, 0.3) is 0 Å². The highest BCUT2D eigenvalue weighted by Gasteiger charge is 2.17. The molecule has 0 radical (unpaired) electrons. The van der Waals surface area contributed by atoms with E-state index in [0.717, 1.165) is 11.3 Å². The van der Waals surface area contributed by atoms with E-state index in [1.807, 2.05) is 0 Å². The third kappa shape index (κ3) is 2.81. The molecule has 1 aromatic rings. The molecule has 0 aliphatic heterocycles. The number of aromatic nitrogens is 1. The Morgan fingerprint density at radius 3 is 2.19 bits per heavy atom. The fraction of sp³-hybridized carbons (Fsp3) is 0. The molecule has 1 aromatic heterocycles. The number of guanidine groups is 2. The van der Waals surface area contributed by atoms with Crippen LogP contribution >= 0.6 is 11.3 Å². The second kappa shape index (κ2) is 4.44. The van der Waals surface area contributed by atoms with Gasteiger partial charge in [0.2, 0.25) is 5.13 Å². The molecule has 0 fully saturated rings. The minimum Gasteiger partial charge on any atom is -0.477 e. The van der Waals surface area contributed by atoms with Crippen molar-refractivity contribution in [2.24, 2.45) is 32.9 Å². The van der Waals surface area contributed by atoms with Crippen LogP contribution in [0.1, 0.15) is 9.67 Å². The van der Waals surface area contributed by atoms with E-state index in [1.54, 1.807) is 0 Å². The van der Waals surface area contributed by atoms with Crippen molar-refractivity contribution < 1.29 is 9.90 Å². The van der Waals surface area contributed by atoms with E-state index in [0.29, 0.717) is 0 Å². The molecular weight excluding hydrogens is 234 g/mol. The Labute approximate surface area is 93.5 Å². The Balaban J connectivity index is 3.26. The standard InChI is InChI=1S/C6H9N7O2S/c7-4(8)11-2-1(3(14)15)16-6(12-2)13-5(9)10/h(H,14,15)(H4,7,8,11)(H4,9,10,12,13). The Kier molecular flexibility index (Phi) is 3.25. The zero-order valence-electron chi connectivity index (χ0n) is 7.91. The molecule has 16 heavy (non-hydrogen) atoms. The summed E-state index contributed by atoms with van der Waals surface area (Å²) in [5.41, 5.74) is 20.5. The quantitative estimate of drug-likeness (QED) is 0.321. The molecule has 0 saturated carbocycles. The number of aliphatic imine (C=N–C) groups is 2. The van der Waals surface area contributed by atoms with Crippen molar-refractivity contribution in [1.29, 1.82) is 0 Å². The lowest BCUT2D eigenvalue weighted by molar-refractivity contribution is 0.0703. The van der Waals surface area contributed by atoms with Gasteiger partial charge in [-0.05, 0) is 0 Å². The zero-order chi connectivity index (χ0) is 12.3. The molecule has 1 rings (SSSR count). The number of hydrogen-bond donors (Lipinski definition) is 5. The number of rotatable bonds is 3. The monoisotopic (exact) mass is 243 g/mol. The van der Waals surface area contributed by atoms with Gasteiger partial charge in [-0.25, -0.2) is 4.79 Å². The van der Waals surface area contributed by atoms with E-state index in [1.165, 1.54) is 0 Å². The lowest BCUT2D eigenvalue weighted by Gasteiger charge is -1.90. The van der Waals surface area contributed by atoms with E-state index < -0.39 is 5.97 Å². The molecular formula is C6H9N7O2S. The number of carboxylic acid groups (broad SMARTS) is 1. The van der Waals surface area contributed by atoms with Crippen molar-refractivity contribution in [1.82, 2.24) is 4.98 Å². The van der Waals surface area contributed by atoms with Gasteiger partial charge in [0.1, 0.15) is 0 Å². The van der Waals surface area contributed by atoms with Crippen molar-refractivity contribution in [2.45, 2.75) is 0 Å². The molecule has 86 valence electrons. The summed E-state index contributed by atoms with van der Waals surface area (Å²) >= 11 is 0.762. The first-order valence-electron chi connectivity index (χ1n) is 3.83. The first-order valence-corrected chi connectivity index (χ1v) is 4.65. The molecule has 0 amide bonds. The zero-order valence-corrected chi connectivity index (χ0v) is 8.73. The highest BCUT2D eigenvalue weighted by molar-refractivity contribution is 7.17. The predicted molar refractivity (Wildman–Crippen MR) is 60.0 cm³/mol. The van der Waals surface area contributed by atoms with Gasteiger partial charge in [0.15, 0.2) is 22.6 Å². The summed E-state index contributed by atoms with van der Waals surface area (Å²) in [5.74, 6) is -1.88. The molecule has 9 nitrogen and oxygen atoms in total. The molecule has 0 unspecified atom stereocenters. The van der Waals surface area contributed by atoms with Crippen molar-refractivity contribution in [3.8, 4) is 0 Å². The Bertz CT molecular complexity index is 469. The number of nitrogens with two attached hydrogens (primary N) is 4. The van der Waals surface area contributed by atoms with Crippen LogP contribution < -0.4 is 22.9 Å². The average molecular weight is 243 g/mol. The van der Waals surface area contributed by atoms with Crippen molar-refractivity contribution in [3.05, 3.63) is 4.88 Å². The van der Waals surface area contributed by atoms with Crippen LogP contribution in [0.15, 0.2) is 9.98 Å². The van der Waals surface area contributed by atoms with Crippen LogP contribution in [0.4, 0.5) is 10.9 Å². The summed E-state index contributed by atoms with van der Waals surface area (Å²) < 4.78 is 0. The first-order chi connectivity index (χ1) is 7.40. The summed E-state index contributed by atoms with van der Waals surface area (Å²) in [6, 6.07) is 0. The van der Waals surface area contributed by atoms with E-state index in [2.05, 4.69) is 15.0 Å². The van der Waals surface area contributed by atoms with Crippen molar-refractivity contribution >= 4 is 40.2 Å². The lowest BCUT2D eigenvalue weighted by Crippen LogP contribution is -2.22. The smallest absolute Gasteiger partial charge is 0.349 e. The lowest BCUT2D eigenvalue weighted by atomic mass is 10.5. The first kappa shape index (κ1) is 11.7. The molecule has 0 saturated heterocycles. The predicted octanol–water partition coefficient (Wildman–Crippen LogP) is -1.35. The fourth-order valence-corrected chi connectivity index (χ4v) is 1.53. The van der Waals surface area contributed by atoms with Crippen molar-refractivity contribution in [3.63, 3.8) is 0 Å². The topological polar surface area (TPSA) is 179 Å². The van der Waals surface area contributed by atoms with E-state index in [9.17, 15) is 4.79 Å². The van der Waals surface area contributed by atoms with E-state index >= 15 is 0 Å². The van der Waals surface area contributed by atoms with Gasteiger partial charge in [0, 0.05) is 0 Å². The minimum atomic E-state index is -1.21. The summed E-state index contributed by atoms with van der Waals surface area (Å²) in [4.78, 5) is 21.6. The third-order valence-electron chi connectivity index (χ3n) is 1.25. The molecule has 9 N–H and O–H groups in total. The van der Waals surface area contributed by atoms with Gasteiger partial charge in [-0.2, -0.15) is 15.0 Å². The van der Waals surface area contributed by atoms with Crippen LogP contribution in [0, 0.1) is 0 Å². The summed E-state index contributed by atoms with van der Waals surface area (Å²) in [7, 11) is 0.